The molecule has 0 spiro atoms. The molecule has 0 aromatic rings. The van der Waals surface area contributed by atoms with Gasteiger partial charge in [-0.05, 0) is 98.4 Å². The van der Waals surface area contributed by atoms with Crippen LogP contribution < -0.4 is 0 Å². The Morgan fingerprint density at radius 3 is 2.78 bits per heavy atom. The van der Waals surface area contributed by atoms with Gasteiger partial charge in [-0.2, -0.15) is 0 Å². The molecule has 3 fully saturated rings. The zero-order valence-corrected chi connectivity index (χ0v) is 15.3. The van der Waals surface area contributed by atoms with Crippen LogP contribution in [0, 0.1) is 40.9 Å². The Balaban J connectivity index is 1.51. The minimum Gasteiger partial charge on any atom is -0.513 e. The van der Waals surface area contributed by atoms with Gasteiger partial charge in [-0.15, -0.1) is 0 Å². The van der Waals surface area contributed by atoms with Crippen LogP contribution in [0.15, 0.2) is 11.8 Å². The molecule has 130 valence electrons. The van der Waals surface area contributed by atoms with Crippen molar-refractivity contribution in [1.29, 1.82) is 0 Å². The average Bonchev–Trinajstić information content (AvgIpc) is 2.89. The van der Waals surface area contributed by atoms with Crippen LogP contribution in [0.25, 0.3) is 0 Å². The van der Waals surface area contributed by atoms with E-state index in [1.165, 1.54) is 64.2 Å². The van der Waals surface area contributed by atoms with Crippen molar-refractivity contribution in [2.24, 2.45) is 40.9 Å². The second kappa shape index (κ2) is 6.12. The third-order valence-electron chi connectivity index (χ3n) is 8.72. The van der Waals surface area contributed by atoms with Crippen LogP contribution in [0.2, 0.25) is 0 Å². The third-order valence-corrected chi connectivity index (χ3v) is 8.72. The lowest BCUT2D eigenvalue weighted by molar-refractivity contribution is -0.0558. The summed E-state index contributed by atoms with van der Waals surface area (Å²) in [6.45, 7) is 5.01. The van der Waals surface area contributed by atoms with Gasteiger partial charge >= 0.3 is 0 Å². The highest BCUT2D eigenvalue weighted by Gasteiger charge is 2.56. The first kappa shape index (κ1) is 16.0. The van der Waals surface area contributed by atoms with E-state index in [4.69, 9.17) is 0 Å². The number of aliphatic hydroxyl groups excluding tert-OH is 1. The fourth-order valence-corrected chi connectivity index (χ4v) is 7.51. The lowest BCUT2D eigenvalue weighted by atomic mass is 9.50. The summed E-state index contributed by atoms with van der Waals surface area (Å²) in [5, 5.41) is 9.91. The minimum absolute atomic E-state index is 0.663. The largest absolute Gasteiger partial charge is 0.513 e. The Morgan fingerprint density at radius 1 is 1.09 bits per heavy atom. The average molecular weight is 317 g/mol. The van der Waals surface area contributed by atoms with Gasteiger partial charge in [-0.25, -0.2) is 0 Å². The number of rotatable bonds is 3. The van der Waals surface area contributed by atoms with E-state index < -0.39 is 0 Å². The quantitative estimate of drug-likeness (QED) is 0.630. The molecule has 0 bridgehead atoms. The Hall–Kier alpha value is -0.460. The summed E-state index contributed by atoms with van der Waals surface area (Å²) in [6.07, 6.45) is 17.4. The van der Waals surface area contributed by atoms with Gasteiger partial charge in [0.15, 0.2) is 0 Å². The maximum atomic E-state index is 9.91. The fraction of sp³-hybridized carbons (Fsp3) is 0.909. The first-order chi connectivity index (χ1) is 11.1. The SMILES string of the molecule is CCCC[C@H]1CCC2C3CCC4CC(O)=CCC4C3CC[C@@]21C. The normalized spacial score (nSPS) is 49.0. The summed E-state index contributed by atoms with van der Waals surface area (Å²) in [6, 6.07) is 0. The molecule has 1 N–H and O–H groups in total. The summed E-state index contributed by atoms with van der Waals surface area (Å²) < 4.78 is 0. The zero-order chi connectivity index (χ0) is 16.0. The van der Waals surface area contributed by atoms with Crippen LogP contribution in [-0.2, 0) is 0 Å². The Morgan fingerprint density at radius 2 is 1.96 bits per heavy atom. The summed E-state index contributed by atoms with van der Waals surface area (Å²) in [7, 11) is 0. The Bertz CT molecular complexity index is 467. The topological polar surface area (TPSA) is 20.2 Å². The van der Waals surface area contributed by atoms with Gasteiger partial charge in [0.1, 0.15) is 0 Å². The van der Waals surface area contributed by atoms with Crippen LogP contribution >= 0.6 is 0 Å². The second-order valence-electron chi connectivity index (χ2n) is 9.53. The molecule has 0 aromatic heterocycles. The zero-order valence-electron chi connectivity index (χ0n) is 15.3. The molecule has 1 heteroatoms. The molecule has 5 unspecified atom stereocenters. The van der Waals surface area contributed by atoms with Crippen molar-refractivity contribution in [1.82, 2.24) is 0 Å². The van der Waals surface area contributed by atoms with Gasteiger partial charge in [0.25, 0.3) is 0 Å². The van der Waals surface area contributed by atoms with Crippen molar-refractivity contribution in [3.8, 4) is 0 Å². The van der Waals surface area contributed by atoms with Crippen LogP contribution in [0.4, 0.5) is 0 Å². The van der Waals surface area contributed by atoms with E-state index in [0.29, 0.717) is 11.2 Å². The molecule has 0 heterocycles. The van der Waals surface area contributed by atoms with Crippen molar-refractivity contribution in [3.63, 3.8) is 0 Å². The molecule has 4 rings (SSSR count). The lowest BCUT2D eigenvalue weighted by Crippen LogP contribution is -2.47. The maximum absolute atomic E-state index is 9.91. The van der Waals surface area contributed by atoms with Gasteiger partial charge in [-0.3, -0.25) is 0 Å². The first-order valence-corrected chi connectivity index (χ1v) is 10.5. The number of fused-ring (bicyclic) bond motifs is 5. The van der Waals surface area contributed by atoms with Gasteiger partial charge < -0.3 is 5.11 Å². The molecule has 4 aliphatic rings. The molecule has 1 nitrogen and oxygen atoms in total. The molecule has 0 aromatic carbocycles. The molecule has 23 heavy (non-hydrogen) atoms. The number of hydrogen-bond donors (Lipinski definition) is 1. The van der Waals surface area contributed by atoms with E-state index >= 15 is 0 Å². The fourth-order valence-electron chi connectivity index (χ4n) is 7.51. The molecule has 0 saturated heterocycles. The molecule has 0 radical (unpaired) electrons. The molecule has 0 aliphatic heterocycles. The molecular formula is C22H36O. The summed E-state index contributed by atoms with van der Waals surface area (Å²) in [5.41, 5.74) is 0.663. The van der Waals surface area contributed by atoms with E-state index in [1.807, 2.05) is 0 Å². The summed E-state index contributed by atoms with van der Waals surface area (Å²) in [5.74, 6) is 6.39. The van der Waals surface area contributed by atoms with Crippen LogP contribution in [0.3, 0.4) is 0 Å². The predicted octanol–water partition coefficient (Wildman–Crippen LogP) is 6.50. The monoisotopic (exact) mass is 316 g/mol. The minimum atomic E-state index is 0.663. The Labute approximate surface area is 142 Å². The number of allylic oxidation sites excluding steroid dienone is 2. The number of aliphatic hydroxyl groups is 1. The predicted molar refractivity (Wildman–Crippen MR) is 96.2 cm³/mol. The molecule has 3 saturated carbocycles. The number of unbranched alkanes of at least 4 members (excludes halogenated alkanes) is 1. The third kappa shape index (κ3) is 2.57. The highest BCUT2D eigenvalue weighted by molar-refractivity contribution is 5.09. The van der Waals surface area contributed by atoms with E-state index in [9.17, 15) is 5.11 Å². The van der Waals surface area contributed by atoms with Crippen molar-refractivity contribution in [3.05, 3.63) is 11.8 Å². The molecule has 0 amide bonds. The van der Waals surface area contributed by atoms with Gasteiger partial charge in [0.2, 0.25) is 0 Å². The molecular weight excluding hydrogens is 280 g/mol. The van der Waals surface area contributed by atoms with Gasteiger partial charge in [0, 0.05) is 6.42 Å². The smallest absolute Gasteiger partial charge is 0.0885 e. The van der Waals surface area contributed by atoms with Gasteiger partial charge in [0.05, 0.1) is 5.76 Å². The summed E-state index contributed by atoms with van der Waals surface area (Å²) in [4.78, 5) is 0. The first-order valence-electron chi connectivity index (χ1n) is 10.5. The van der Waals surface area contributed by atoms with E-state index in [1.54, 1.807) is 0 Å². The van der Waals surface area contributed by atoms with Crippen molar-refractivity contribution in [2.45, 2.75) is 84.5 Å². The van der Waals surface area contributed by atoms with Crippen molar-refractivity contribution < 1.29 is 5.11 Å². The van der Waals surface area contributed by atoms with Crippen LogP contribution in [0.1, 0.15) is 84.5 Å². The number of hydrogen-bond acceptors (Lipinski definition) is 1. The van der Waals surface area contributed by atoms with E-state index in [-0.39, 0.29) is 0 Å². The maximum Gasteiger partial charge on any atom is 0.0885 e. The summed E-state index contributed by atoms with van der Waals surface area (Å²) >= 11 is 0. The van der Waals surface area contributed by atoms with Crippen LogP contribution in [-0.4, -0.2) is 5.11 Å². The second-order valence-corrected chi connectivity index (χ2v) is 9.53. The van der Waals surface area contributed by atoms with Gasteiger partial charge in [-0.1, -0.05) is 26.7 Å². The van der Waals surface area contributed by atoms with E-state index in [0.717, 1.165) is 41.9 Å². The Kier molecular flexibility index (Phi) is 4.26. The van der Waals surface area contributed by atoms with E-state index in [2.05, 4.69) is 19.9 Å². The molecule has 4 aliphatic carbocycles. The van der Waals surface area contributed by atoms with Crippen LogP contribution in [0.5, 0.6) is 0 Å². The highest BCUT2D eigenvalue weighted by atomic mass is 16.3. The highest BCUT2D eigenvalue weighted by Crippen LogP contribution is 2.64. The lowest BCUT2D eigenvalue weighted by Gasteiger charge is -2.55. The van der Waals surface area contributed by atoms with Crippen molar-refractivity contribution in [2.75, 3.05) is 0 Å². The van der Waals surface area contributed by atoms with Crippen molar-refractivity contribution >= 4 is 0 Å². The molecule has 7 atom stereocenters. The standard InChI is InChI=1S/C22H36O/c1-3-4-5-16-7-11-21-20-9-6-15-14-17(23)8-10-18(15)19(20)12-13-22(16,21)2/h8,15-16,18-21,23H,3-7,9-14H2,1-2H3/t15?,16-,18?,19?,20?,21?,22+/m0/s1.